The Morgan fingerprint density at radius 3 is 2.45 bits per heavy atom. The summed E-state index contributed by atoms with van der Waals surface area (Å²) >= 11 is 11.5. The highest BCUT2D eigenvalue weighted by Gasteiger charge is 2.13. The number of ether oxygens (including phenoxy) is 3. The molecular weight excluding hydrogens is 325 g/mol. The van der Waals surface area contributed by atoms with Crippen LogP contribution in [0.2, 0.25) is 0 Å². The number of alkyl halides is 2. The van der Waals surface area contributed by atoms with Gasteiger partial charge in [0, 0.05) is 37.5 Å². The number of halogens is 3. The van der Waals surface area contributed by atoms with Crippen molar-refractivity contribution in [1.82, 2.24) is 4.90 Å². The Kier molecular flexibility index (Phi) is 8.22. The van der Waals surface area contributed by atoms with E-state index in [1.807, 2.05) is 18.2 Å². The molecular formula is C13H18Cl3NO3. The SMILES string of the molecule is Cl.ClCCN(CCCl)CCOc1ccc2c(c1)OCO2. The number of nitrogens with zero attached hydrogens (tertiary/aromatic N) is 1. The van der Waals surface area contributed by atoms with Crippen molar-refractivity contribution in [2.24, 2.45) is 0 Å². The lowest BCUT2D eigenvalue weighted by molar-refractivity contribution is 0.173. The average Bonchev–Trinajstić information content (AvgIpc) is 2.86. The minimum Gasteiger partial charge on any atom is -0.492 e. The van der Waals surface area contributed by atoms with Crippen molar-refractivity contribution in [1.29, 1.82) is 0 Å². The van der Waals surface area contributed by atoms with Crippen LogP contribution in [-0.2, 0) is 0 Å². The van der Waals surface area contributed by atoms with Gasteiger partial charge in [0.2, 0.25) is 6.79 Å². The minimum absolute atomic E-state index is 0. The third-order valence-corrected chi connectivity index (χ3v) is 3.16. The summed E-state index contributed by atoms with van der Waals surface area (Å²) in [5.41, 5.74) is 0. The van der Waals surface area contributed by atoms with Crippen LogP contribution in [0.25, 0.3) is 0 Å². The molecule has 1 aliphatic heterocycles. The Bertz CT molecular complexity index is 400. The summed E-state index contributed by atoms with van der Waals surface area (Å²) in [6.45, 7) is 3.30. The van der Waals surface area contributed by atoms with Gasteiger partial charge in [-0.15, -0.1) is 35.6 Å². The van der Waals surface area contributed by atoms with Crippen molar-refractivity contribution in [3.63, 3.8) is 0 Å². The van der Waals surface area contributed by atoms with E-state index in [9.17, 15) is 0 Å². The summed E-state index contributed by atoms with van der Waals surface area (Å²) < 4.78 is 16.2. The van der Waals surface area contributed by atoms with Crippen molar-refractivity contribution >= 4 is 35.6 Å². The van der Waals surface area contributed by atoms with E-state index in [0.29, 0.717) is 18.4 Å². The fourth-order valence-corrected chi connectivity index (χ4v) is 2.31. The maximum absolute atomic E-state index is 5.74. The predicted octanol–water partition coefficient (Wildman–Crippen LogP) is 3.00. The van der Waals surface area contributed by atoms with Crippen molar-refractivity contribution < 1.29 is 14.2 Å². The zero-order valence-electron chi connectivity index (χ0n) is 11.0. The van der Waals surface area contributed by atoms with E-state index in [0.717, 1.165) is 36.9 Å². The maximum Gasteiger partial charge on any atom is 0.231 e. The van der Waals surface area contributed by atoms with Crippen LogP contribution in [0.3, 0.4) is 0 Å². The first-order chi connectivity index (χ1) is 9.33. The second-order valence-electron chi connectivity index (χ2n) is 4.08. The van der Waals surface area contributed by atoms with E-state index in [2.05, 4.69) is 4.90 Å². The van der Waals surface area contributed by atoms with Gasteiger partial charge in [-0.2, -0.15) is 0 Å². The van der Waals surface area contributed by atoms with Crippen LogP contribution in [0.5, 0.6) is 17.2 Å². The van der Waals surface area contributed by atoms with E-state index in [-0.39, 0.29) is 19.2 Å². The average molecular weight is 343 g/mol. The quantitative estimate of drug-likeness (QED) is 0.680. The second-order valence-corrected chi connectivity index (χ2v) is 4.84. The first kappa shape index (κ1) is 17.5. The van der Waals surface area contributed by atoms with Crippen molar-refractivity contribution in [3.8, 4) is 17.2 Å². The highest BCUT2D eigenvalue weighted by molar-refractivity contribution is 6.18. The predicted molar refractivity (Wildman–Crippen MR) is 83.2 cm³/mol. The van der Waals surface area contributed by atoms with Crippen molar-refractivity contribution in [2.45, 2.75) is 0 Å². The Labute approximate surface area is 135 Å². The zero-order chi connectivity index (χ0) is 13.5. The molecule has 4 nitrogen and oxygen atoms in total. The second kappa shape index (κ2) is 9.40. The number of rotatable bonds is 8. The molecule has 0 atom stereocenters. The van der Waals surface area contributed by atoms with Crippen LogP contribution >= 0.6 is 35.6 Å². The Hall–Kier alpha value is -0.550. The lowest BCUT2D eigenvalue weighted by atomic mass is 10.3. The molecule has 0 aromatic heterocycles. The van der Waals surface area contributed by atoms with Crippen LogP contribution in [-0.4, -0.2) is 49.7 Å². The summed E-state index contributed by atoms with van der Waals surface area (Å²) in [6.07, 6.45) is 0. The van der Waals surface area contributed by atoms with Gasteiger partial charge in [-0.1, -0.05) is 0 Å². The van der Waals surface area contributed by atoms with Crippen LogP contribution in [0.4, 0.5) is 0 Å². The van der Waals surface area contributed by atoms with E-state index >= 15 is 0 Å². The molecule has 0 bridgehead atoms. The fraction of sp³-hybridized carbons (Fsp3) is 0.538. The molecule has 0 spiro atoms. The van der Waals surface area contributed by atoms with Crippen molar-refractivity contribution in [2.75, 3.05) is 44.8 Å². The summed E-state index contributed by atoms with van der Waals surface area (Å²) in [6, 6.07) is 5.57. The molecule has 0 saturated carbocycles. The van der Waals surface area contributed by atoms with Gasteiger partial charge >= 0.3 is 0 Å². The molecule has 0 unspecified atom stereocenters. The van der Waals surface area contributed by atoms with Gasteiger partial charge in [0.15, 0.2) is 11.5 Å². The molecule has 1 aromatic carbocycles. The molecule has 0 radical (unpaired) electrons. The lowest BCUT2D eigenvalue weighted by Gasteiger charge is -2.19. The molecule has 1 heterocycles. The van der Waals surface area contributed by atoms with E-state index in [1.165, 1.54) is 0 Å². The fourth-order valence-electron chi connectivity index (χ4n) is 1.83. The molecule has 7 heteroatoms. The third-order valence-electron chi connectivity index (χ3n) is 2.82. The topological polar surface area (TPSA) is 30.9 Å². The maximum atomic E-state index is 5.74. The van der Waals surface area contributed by atoms with Crippen LogP contribution in [0.15, 0.2) is 18.2 Å². The molecule has 0 amide bonds. The molecule has 20 heavy (non-hydrogen) atoms. The number of benzene rings is 1. The smallest absolute Gasteiger partial charge is 0.231 e. The van der Waals surface area contributed by atoms with Crippen molar-refractivity contribution in [3.05, 3.63) is 18.2 Å². The standard InChI is InChI=1S/C13H17Cl2NO3.ClH/c14-3-5-16(6-4-15)7-8-17-11-1-2-12-13(9-11)19-10-18-12;/h1-2,9H,3-8,10H2;1H. The summed E-state index contributed by atoms with van der Waals surface area (Å²) in [5.74, 6) is 3.47. The van der Waals surface area contributed by atoms with E-state index in [4.69, 9.17) is 37.4 Å². The third kappa shape index (κ3) is 5.09. The summed E-state index contributed by atoms with van der Waals surface area (Å²) in [7, 11) is 0. The molecule has 0 N–H and O–H groups in total. The molecule has 1 aliphatic rings. The van der Waals surface area contributed by atoms with Crippen LogP contribution < -0.4 is 14.2 Å². The number of hydrogen-bond donors (Lipinski definition) is 0. The molecule has 114 valence electrons. The first-order valence-corrected chi connectivity index (χ1v) is 7.27. The highest BCUT2D eigenvalue weighted by atomic mass is 35.5. The molecule has 1 aromatic rings. The van der Waals surface area contributed by atoms with Gasteiger partial charge in [-0.25, -0.2) is 0 Å². The molecule has 2 rings (SSSR count). The number of hydrogen-bond acceptors (Lipinski definition) is 4. The van der Waals surface area contributed by atoms with Gasteiger partial charge in [0.05, 0.1) is 0 Å². The Morgan fingerprint density at radius 2 is 1.75 bits per heavy atom. The van der Waals surface area contributed by atoms with Gasteiger partial charge < -0.3 is 14.2 Å². The van der Waals surface area contributed by atoms with Gasteiger partial charge in [0.25, 0.3) is 0 Å². The van der Waals surface area contributed by atoms with Gasteiger partial charge in [-0.3, -0.25) is 4.90 Å². The minimum atomic E-state index is 0. The zero-order valence-corrected chi connectivity index (χ0v) is 13.3. The largest absolute Gasteiger partial charge is 0.492 e. The molecule has 0 fully saturated rings. The Balaban J connectivity index is 0.00000200. The van der Waals surface area contributed by atoms with Gasteiger partial charge in [0.1, 0.15) is 12.4 Å². The summed E-state index contributed by atoms with van der Waals surface area (Å²) in [4.78, 5) is 2.17. The normalized spacial score (nSPS) is 12.3. The Morgan fingerprint density at radius 1 is 1.05 bits per heavy atom. The summed E-state index contributed by atoms with van der Waals surface area (Å²) in [5, 5.41) is 0. The number of fused-ring (bicyclic) bond motifs is 1. The van der Waals surface area contributed by atoms with Crippen LogP contribution in [0, 0.1) is 0 Å². The van der Waals surface area contributed by atoms with Crippen LogP contribution in [0.1, 0.15) is 0 Å². The lowest BCUT2D eigenvalue weighted by Crippen LogP contribution is -2.32. The van der Waals surface area contributed by atoms with Gasteiger partial charge in [-0.05, 0) is 12.1 Å². The van der Waals surface area contributed by atoms with E-state index in [1.54, 1.807) is 0 Å². The molecule has 0 saturated heterocycles. The monoisotopic (exact) mass is 341 g/mol. The van der Waals surface area contributed by atoms with E-state index < -0.39 is 0 Å². The first-order valence-electron chi connectivity index (χ1n) is 6.20. The highest BCUT2D eigenvalue weighted by Crippen LogP contribution is 2.34. The molecule has 0 aliphatic carbocycles.